The quantitative estimate of drug-likeness (QED) is 0.213. The summed E-state index contributed by atoms with van der Waals surface area (Å²) in [5.41, 5.74) is 0. The average molecular weight is 494 g/mol. The Kier molecular flexibility index (Phi) is 13.7. The predicted molar refractivity (Wildman–Crippen MR) is 123 cm³/mol. The monoisotopic (exact) mass is 494 g/mol. The molecule has 7 nitrogen and oxygen atoms in total. The molecular formula is C19H39IN6O. The highest BCUT2D eigenvalue weighted by atomic mass is 127. The first-order chi connectivity index (χ1) is 12.3. The van der Waals surface area contributed by atoms with Crippen molar-refractivity contribution in [3.8, 4) is 0 Å². The summed E-state index contributed by atoms with van der Waals surface area (Å²) in [4.78, 5) is 11.5. The van der Waals surface area contributed by atoms with Crippen molar-refractivity contribution < 1.29 is 4.52 Å². The number of aryl methyl sites for hydroxylation is 1. The molecule has 0 aromatic carbocycles. The molecule has 0 bridgehead atoms. The molecule has 2 N–H and O–H groups in total. The molecule has 27 heavy (non-hydrogen) atoms. The van der Waals surface area contributed by atoms with Crippen molar-refractivity contribution in [2.45, 2.75) is 79.3 Å². The van der Waals surface area contributed by atoms with E-state index in [1.807, 2.05) is 0 Å². The molecule has 1 aromatic heterocycles. The van der Waals surface area contributed by atoms with Gasteiger partial charge in [-0.2, -0.15) is 4.98 Å². The van der Waals surface area contributed by atoms with Gasteiger partial charge in [0.15, 0.2) is 11.8 Å². The molecule has 0 atom stereocenters. The molecule has 0 saturated heterocycles. The van der Waals surface area contributed by atoms with E-state index in [-0.39, 0.29) is 24.0 Å². The third-order valence-electron chi connectivity index (χ3n) is 4.15. The van der Waals surface area contributed by atoms with Crippen molar-refractivity contribution in [3.63, 3.8) is 0 Å². The van der Waals surface area contributed by atoms with Crippen LogP contribution in [-0.4, -0.2) is 59.3 Å². The van der Waals surface area contributed by atoms with E-state index in [1.54, 1.807) is 0 Å². The fourth-order valence-electron chi connectivity index (χ4n) is 2.78. The van der Waals surface area contributed by atoms with Gasteiger partial charge < -0.3 is 15.2 Å². The third-order valence-corrected chi connectivity index (χ3v) is 4.15. The second-order valence-corrected chi connectivity index (χ2v) is 7.42. The number of aliphatic imine (C=N–C) groups is 1. The number of aromatic nitrogens is 2. The molecule has 0 saturated carbocycles. The molecule has 1 rings (SSSR count). The molecule has 0 radical (unpaired) electrons. The second-order valence-electron chi connectivity index (χ2n) is 7.42. The van der Waals surface area contributed by atoms with E-state index >= 15 is 0 Å². The van der Waals surface area contributed by atoms with Gasteiger partial charge in [-0.05, 0) is 41.0 Å². The van der Waals surface area contributed by atoms with E-state index in [4.69, 9.17) is 4.52 Å². The Morgan fingerprint density at radius 1 is 1.11 bits per heavy atom. The Hall–Kier alpha value is -0.900. The zero-order chi connectivity index (χ0) is 19.5. The molecule has 0 aliphatic heterocycles. The molecule has 0 unspecified atom stereocenters. The van der Waals surface area contributed by atoms with Crippen LogP contribution in [0.15, 0.2) is 9.52 Å². The van der Waals surface area contributed by atoms with Crippen LogP contribution in [-0.2, 0) is 6.42 Å². The molecule has 0 fully saturated rings. The van der Waals surface area contributed by atoms with E-state index in [9.17, 15) is 0 Å². The van der Waals surface area contributed by atoms with Gasteiger partial charge >= 0.3 is 0 Å². The average Bonchev–Trinajstić information content (AvgIpc) is 3.03. The first-order valence-corrected chi connectivity index (χ1v) is 9.95. The molecule has 0 amide bonds. The molecule has 1 heterocycles. The van der Waals surface area contributed by atoms with Crippen LogP contribution >= 0.6 is 24.0 Å². The highest BCUT2D eigenvalue weighted by Crippen LogP contribution is 2.10. The second kappa shape index (κ2) is 14.1. The van der Waals surface area contributed by atoms with Crippen molar-refractivity contribution in [2.75, 3.05) is 26.2 Å². The Bertz CT molecular complexity index is 522. The summed E-state index contributed by atoms with van der Waals surface area (Å²) < 4.78 is 5.27. The number of hydrogen-bond acceptors (Lipinski definition) is 5. The number of nitrogens with zero attached hydrogens (tertiary/aromatic N) is 4. The Balaban J connectivity index is 0.00000676. The maximum Gasteiger partial charge on any atom is 0.226 e. The maximum absolute atomic E-state index is 5.27. The van der Waals surface area contributed by atoms with Gasteiger partial charge in [-0.3, -0.25) is 9.89 Å². The van der Waals surface area contributed by atoms with Crippen LogP contribution in [0.3, 0.4) is 0 Å². The van der Waals surface area contributed by atoms with Gasteiger partial charge in [-0.15, -0.1) is 24.0 Å². The standard InChI is InChI=1S/C19H38N6O.HI/c1-8-20-19(22-12-13-25(15(4)5)16(6)7)21-11-9-10-17-23-18(14(2)3)24-26-17;/h14-16H,8-13H2,1-7H3,(H2,20,21,22);1H. The lowest BCUT2D eigenvalue weighted by atomic mass is 10.2. The summed E-state index contributed by atoms with van der Waals surface area (Å²) in [6.07, 6.45) is 1.65. The van der Waals surface area contributed by atoms with Gasteiger partial charge in [0.05, 0.1) is 0 Å². The summed E-state index contributed by atoms with van der Waals surface area (Å²) in [6.45, 7) is 18.6. The molecule has 0 spiro atoms. The number of nitrogens with one attached hydrogen (secondary N) is 2. The SMILES string of the molecule is CCNC(=NCCCc1nc(C(C)C)no1)NCCN(C(C)C)C(C)C.I. The van der Waals surface area contributed by atoms with E-state index in [0.717, 1.165) is 50.8 Å². The molecule has 158 valence electrons. The van der Waals surface area contributed by atoms with Crippen molar-refractivity contribution >= 4 is 29.9 Å². The maximum atomic E-state index is 5.27. The van der Waals surface area contributed by atoms with Crippen LogP contribution in [0.25, 0.3) is 0 Å². The Morgan fingerprint density at radius 3 is 2.30 bits per heavy atom. The van der Waals surface area contributed by atoms with Crippen LogP contribution in [0.2, 0.25) is 0 Å². The van der Waals surface area contributed by atoms with Crippen molar-refractivity contribution in [1.82, 2.24) is 25.7 Å². The predicted octanol–water partition coefficient (Wildman–Crippen LogP) is 3.42. The molecule has 8 heteroatoms. The molecular weight excluding hydrogens is 455 g/mol. The fraction of sp³-hybridized carbons (Fsp3) is 0.842. The van der Waals surface area contributed by atoms with E-state index < -0.39 is 0 Å². The van der Waals surface area contributed by atoms with E-state index in [1.165, 1.54) is 0 Å². The van der Waals surface area contributed by atoms with Crippen LogP contribution in [0.5, 0.6) is 0 Å². The summed E-state index contributed by atoms with van der Waals surface area (Å²) >= 11 is 0. The number of halogens is 1. The van der Waals surface area contributed by atoms with Gasteiger partial charge in [0.25, 0.3) is 0 Å². The van der Waals surface area contributed by atoms with Crippen molar-refractivity contribution in [1.29, 1.82) is 0 Å². The van der Waals surface area contributed by atoms with Crippen LogP contribution in [0.4, 0.5) is 0 Å². The van der Waals surface area contributed by atoms with Crippen molar-refractivity contribution in [3.05, 3.63) is 11.7 Å². The zero-order valence-corrected chi connectivity index (χ0v) is 20.4. The lowest BCUT2D eigenvalue weighted by Gasteiger charge is -2.30. The highest BCUT2D eigenvalue weighted by molar-refractivity contribution is 14.0. The number of rotatable bonds is 11. The number of hydrogen-bond donors (Lipinski definition) is 2. The first kappa shape index (κ1) is 26.1. The molecule has 0 aliphatic carbocycles. The highest BCUT2D eigenvalue weighted by Gasteiger charge is 2.12. The largest absolute Gasteiger partial charge is 0.357 e. The minimum atomic E-state index is 0. The van der Waals surface area contributed by atoms with Gasteiger partial charge in [0.2, 0.25) is 5.89 Å². The van der Waals surface area contributed by atoms with Gasteiger partial charge in [0, 0.05) is 50.6 Å². The fourth-order valence-corrected chi connectivity index (χ4v) is 2.78. The zero-order valence-electron chi connectivity index (χ0n) is 18.1. The molecule has 1 aromatic rings. The molecule has 0 aliphatic rings. The minimum absolute atomic E-state index is 0. The minimum Gasteiger partial charge on any atom is -0.357 e. The first-order valence-electron chi connectivity index (χ1n) is 9.95. The lowest BCUT2D eigenvalue weighted by Crippen LogP contribution is -2.45. The number of guanidine groups is 1. The van der Waals surface area contributed by atoms with Crippen molar-refractivity contribution in [2.24, 2.45) is 4.99 Å². The summed E-state index contributed by atoms with van der Waals surface area (Å²) in [6, 6.07) is 1.09. The normalized spacial score (nSPS) is 12.2. The van der Waals surface area contributed by atoms with E-state index in [2.05, 4.69) is 79.1 Å². The summed E-state index contributed by atoms with van der Waals surface area (Å²) in [5.74, 6) is 2.64. The van der Waals surface area contributed by atoms with Gasteiger partial charge in [-0.25, -0.2) is 0 Å². The van der Waals surface area contributed by atoms with Crippen LogP contribution in [0.1, 0.15) is 72.5 Å². The Labute approximate surface area is 182 Å². The van der Waals surface area contributed by atoms with E-state index in [0.29, 0.717) is 23.9 Å². The third kappa shape index (κ3) is 10.3. The lowest BCUT2D eigenvalue weighted by molar-refractivity contribution is 0.178. The smallest absolute Gasteiger partial charge is 0.226 e. The Morgan fingerprint density at radius 2 is 1.78 bits per heavy atom. The van der Waals surface area contributed by atoms with Crippen LogP contribution in [0, 0.1) is 0 Å². The summed E-state index contributed by atoms with van der Waals surface area (Å²) in [5, 5.41) is 10.7. The van der Waals surface area contributed by atoms with Gasteiger partial charge in [-0.1, -0.05) is 19.0 Å². The summed E-state index contributed by atoms with van der Waals surface area (Å²) in [7, 11) is 0. The van der Waals surface area contributed by atoms with Crippen LogP contribution < -0.4 is 10.6 Å². The topological polar surface area (TPSA) is 78.6 Å². The van der Waals surface area contributed by atoms with Gasteiger partial charge in [0.1, 0.15) is 0 Å².